The van der Waals surface area contributed by atoms with E-state index in [4.69, 9.17) is 0 Å². The van der Waals surface area contributed by atoms with Crippen molar-refractivity contribution in [1.29, 1.82) is 0 Å². The standard InChI is InChI=1S/C13H23N3O2/c17-12(10-16-8-7-14-9-13(16)18)15-11-5-3-1-2-4-6-11/h11,14H,1-10H2,(H,15,17). The molecule has 5 nitrogen and oxygen atoms in total. The highest BCUT2D eigenvalue weighted by molar-refractivity contribution is 5.86. The Kier molecular flexibility index (Phi) is 4.99. The fraction of sp³-hybridized carbons (Fsp3) is 0.846. The zero-order valence-corrected chi connectivity index (χ0v) is 10.9. The second-order valence-electron chi connectivity index (χ2n) is 5.25. The average Bonchev–Trinajstić information content (AvgIpc) is 2.61. The Morgan fingerprint density at radius 2 is 2.00 bits per heavy atom. The third kappa shape index (κ3) is 3.98. The van der Waals surface area contributed by atoms with Crippen molar-refractivity contribution in [2.75, 3.05) is 26.2 Å². The van der Waals surface area contributed by atoms with Gasteiger partial charge in [0.05, 0.1) is 13.1 Å². The van der Waals surface area contributed by atoms with Gasteiger partial charge in [-0.05, 0) is 12.8 Å². The summed E-state index contributed by atoms with van der Waals surface area (Å²) < 4.78 is 0. The number of carbonyl (C=O) groups is 2. The number of piperazine rings is 1. The van der Waals surface area contributed by atoms with E-state index in [0.717, 1.165) is 19.4 Å². The predicted molar refractivity (Wildman–Crippen MR) is 69.1 cm³/mol. The Hall–Kier alpha value is -1.10. The lowest BCUT2D eigenvalue weighted by Gasteiger charge is -2.27. The number of hydrogen-bond donors (Lipinski definition) is 2. The van der Waals surface area contributed by atoms with E-state index >= 15 is 0 Å². The van der Waals surface area contributed by atoms with E-state index in [1.165, 1.54) is 25.7 Å². The van der Waals surface area contributed by atoms with Crippen LogP contribution in [-0.4, -0.2) is 48.9 Å². The normalized spacial score (nSPS) is 22.7. The number of nitrogens with zero attached hydrogens (tertiary/aromatic N) is 1. The molecule has 2 N–H and O–H groups in total. The Labute approximate surface area is 108 Å². The van der Waals surface area contributed by atoms with Crippen LogP contribution in [0, 0.1) is 0 Å². The van der Waals surface area contributed by atoms with Crippen molar-refractivity contribution in [2.24, 2.45) is 0 Å². The van der Waals surface area contributed by atoms with Gasteiger partial charge < -0.3 is 15.5 Å². The lowest BCUT2D eigenvalue weighted by atomic mass is 10.1. The van der Waals surface area contributed by atoms with E-state index in [1.807, 2.05) is 0 Å². The van der Waals surface area contributed by atoms with Crippen LogP contribution in [0.2, 0.25) is 0 Å². The van der Waals surface area contributed by atoms with Crippen LogP contribution < -0.4 is 10.6 Å². The van der Waals surface area contributed by atoms with Crippen molar-refractivity contribution in [3.8, 4) is 0 Å². The van der Waals surface area contributed by atoms with Crippen LogP contribution in [0.5, 0.6) is 0 Å². The van der Waals surface area contributed by atoms with Crippen LogP contribution in [0.3, 0.4) is 0 Å². The molecule has 5 heteroatoms. The largest absolute Gasteiger partial charge is 0.352 e. The first kappa shape index (κ1) is 13.3. The maximum Gasteiger partial charge on any atom is 0.239 e. The van der Waals surface area contributed by atoms with Crippen molar-refractivity contribution < 1.29 is 9.59 Å². The van der Waals surface area contributed by atoms with Crippen LogP contribution in [0.15, 0.2) is 0 Å². The second-order valence-corrected chi connectivity index (χ2v) is 5.25. The molecule has 2 fully saturated rings. The Bertz CT molecular complexity index is 299. The van der Waals surface area contributed by atoms with Gasteiger partial charge in [0.1, 0.15) is 0 Å². The first-order valence-electron chi connectivity index (χ1n) is 7.03. The molecule has 0 aromatic carbocycles. The van der Waals surface area contributed by atoms with E-state index in [0.29, 0.717) is 19.1 Å². The molecule has 1 heterocycles. The van der Waals surface area contributed by atoms with E-state index < -0.39 is 0 Å². The van der Waals surface area contributed by atoms with Crippen molar-refractivity contribution in [1.82, 2.24) is 15.5 Å². The Morgan fingerprint density at radius 1 is 1.28 bits per heavy atom. The predicted octanol–water partition coefficient (Wildman–Crippen LogP) is 0.257. The summed E-state index contributed by atoms with van der Waals surface area (Å²) in [4.78, 5) is 25.1. The summed E-state index contributed by atoms with van der Waals surface area (Å²) in [5, 5.41) is 6.08. The molecule has 0 atom stereocenters. The minimum absolute atomic E-state index is 0.00264. The van der Waals surface area contributed by atoms with Gasteiger partial charge in [-0.2, -0.15) is 0 Å². The summed E-state index contributed by atoms with van der Waals surface area (Å²) in [5.41, 5.74) is 0. The molecule has 18 heavy (non-hydrogen) atoms. The van der Waals surface area contributed by atoms with E-state index in [2.05, 4.69) is 10.6 Å². The highest BCUT2D eigenvalue weighted by Gasteiger charge is 2.21. The second kappa shape index (κ2) is 6.73. The van der Waals surface area contributed by atoms with Crippen molar-refractivity contribution in [2.45, 2.75) is 44.6 Å². The van der Waals surface area contributed by atoms with Crippen LogP contribution >= 0.6 is 0 Å². The molecule has 0 aromatic rings. The molecule has 0 radical (unpaired) electrons. The topological polar surface area (TPSA) is 61.4 Å². The number of amides is 2. The molecule has 2 rings (SSSR count). The Balaban J connectivity index is 1.75. The first-order valence-corrected chi connectivity index (χ1v) is 7.03. The zero-order valence-electron chi connectivity index (χ0n) is 10.9. The lowest BCUT2D eigenvalue weighted by Crippen LogP contribution is -2.52. The van der Waals surface area contributed by atoms with Gasteiger partial charge in [0.25, 0.3) is 0 Å². The maximum atomic E-state index is 11.9. The minimum Gasteiger partial charge on any atom is -0.352 e. The molecule has 1 aliphatic carbocycles. The maximum absolute atomic E-state index is 11.9. The molecular weight excluding hydrogens is 230 g/mol. The van der Waals surface area contributed by atoms with Crippen molar-refractivity contribution in [3.63, 3.8) is 0 Å². The summed E-state index contributed by atoms with van der Waals surface area (Å²) in [6, 6.07) is 0.318. The number of nitrogens with one attached hydrogen (secondary N) is 2. The van der Waals surface area contributed by atoms with Crippen molar-refractivity contribution in [3.05, 3.63) is 0 Å². The molecule has 2 aliphatic rings. The highest BCUT2D eigenvalue weighted by atomic mass is 16.2. The molecule has 1 saturated heterocycles. The zero-order chi connectivity index (χ0) is 12.8. The summed E-state index contributed by atoms with van der Waals surface area (Å²) in [5.74, 6) is 0.0226. The number of hydrogen-bond acceptors (Lipinski definition) is 3. The SMILES string of the molecule is O=C(CN1CCNCC1=O)NC1CCCCCC1. The summed E-state index contributed by atoms with van der Waals surface area (Å²) in [6.45, 7) is 1.99. The van der Waals surface area contributed by atoms with Gasteiger partial charge in [-0.15, -0.1) is 0 Å². The minimum atomic E-state index is -0.00264. The van der Waals surface area contributed by atoms with E-state index in [9.17, 15) is 9.59 Å². The molecular formula is C13H23N3O2. The highest BCUT2D eigenvalue weighted by Crippen LogP contribution is 2.17. The van der Waals surface area contributed by atoms with Gasteiger partial charge >= 0.3 is 0 Å². The van der Waals surface area contributed by atoms with Gasteiger partial charge in [0.15, 0.2) is 0 Å². The smallest absolute Gasteiger partial charge is 0.239 e. The van der Waals surface area contributed by atoms with Crippen LogP contribution in [-0.2, 0) is 9.59 Å². The number of carbonyl (C=O) groups excluding carboxylic acids is 2. The monoisotopic (exact) mass is 253 g/mol. The first-order chi connectivity index (χ1) is 8.75. The molecule has 0 spiro atoms. The Morgan fingerprint density at radius 3 is 2.67 bits per heavy atom. The average molecular weight is 253 g/mol. The summed E-state index contributed by atoms with van der Waals surface area (Å²) in [6.07, 6.45) is 7.14. The lowest BCUT2D eigenvalue weighted by molar-refractivity contribution is -0.137. The third-order valence-electron chi connectivity index (χ3n) is 3.74. The van der Waals surface area contributed by atoms with Gasteiger partial charge in [0.2, 0.25) is 11.8 Å². The molecule has 1 aliphatic heterocycles. The van der Waals surface area contributed by atoms with E-state index in [-0.39, 0.29) is 18.4 Å². The molecule has 0 bridgehead atoms. The van der Waals surface area contributed by atoms with Gasteiger partial charge in [-0.25, -0.2) is 0 Å². The summed E-state index contributed by atoms with van der Waals surface area (Å²) >= 11 is 0. The van der Waals surface area contributed by atoms with Crippen LogP contribution in [0.4, 0.5) is 0 Å². The fourth-order valence-electron chi connectivity index (χ4n) is 2.68. The van der Waals surface area contributed by atoms with Gasteiger partial charge in [0, 0.05) is 19.1 Å². The fourth-order valence-corrected chi connectivity index (χ4v) is 2.68. The van der Waals surface area contributed by atoms with Crippen LogP contribution in [0.1, 0.15) is 38.5 Å². The number of rotatable bonds is 3. The van der Waals surface area contributed by atoms with Crippen molar-refractivity contribution >= 4 is 11.8 Å². The quantitative estimate of drug-likeness (QED) is 0.709. The molecule has 102 valence electrons. The molecule has 1 saturated carbocycles. The third-order valence-corrected chi connectivity index (χ3v) is 3.74. The van der Waals surface area contributed by atoms with Gasteiger partial charge in [-0.1, -0.05) is 25.7 Å². The van der Waals surface area contributed by atoms with Crippen LogP contribution in [0.25, 0.3) is 0 Å². The molecule has 0 aromatic heterocycles. The molecule has 0 unspecified atom stereocenters. The summed E-state index contributed by atoms with van der Waals surface area (Å²) in [7, 11) is 0. The van der Waals surface area contributed by atoms with Gasteiger partial charge in [-0.3, -0.25) is 9.59 Å². The molecule has 2 amide bonds. The van der Waals surface area contributed by atoms with E-state index in [1.54, 1.807) is 4.90 Å².